The highest BCUT2D eigenvalue weighted by Gasteiger charge is 2.09. The molecule has 0 fully saturated rings. The molecule has 5 nitrogen and oxygen atoms in total. The van der Waals surface area contributed by atoms with Gasteiger partial charge in [-0.15, -0.1) is 0 Å². The van der Waals surface area contributed by atoms with E-state index in [1.807, 2.05) is 31.2 Å². The van der Waals surface area contributed by atoms with E-state index < -0.39 is 0 Å². The van der Waals surface area contributed by atoms with Crippen LogP contribution in [0.1, 0.15) is 21.5 Å². The molecule has 1 heterocycles. The van der Waals surface area contributed by atoms with Gasteiger partial charge in [0.15, 0.2) is 0 Å². The molecule has 0 bridgehead atoms. The van der Waals surface area contributed by atoms with Crippen LogP contribution in [0.25, 0.3) is 0 Å². The Labute approximate surface area is 123 Å². The summed E-state index contributed by atoms with van der Waals surface area (Å²) < 4.78 is 0. The summed E-state index contributed by atoms with van der Waals surface area (Å²) in [5.41, 5.74) is 2.43. The third kappa shape index (κ3) is 4.42. The second-order valence-electron chi connectivity index (χ2n) is 4.63. The minimum absolute atomic E-state index is 0.0434. The highest BCUT2D eigenvalue weighted by molar-refractivity contribution is 5.97. The van der Waals surface area contributed by atoms with Crippen LogP contribution >= 0.6 is 0 Å². The lowest BCUT2D eigenvalue weighted by molar-refractivity contribution is -0.120. The number of pyridine rings is 1. The standard InChI is InChI=1S/C16H17N3O2/c1-12-4-2-3-5-14(12)16(21)19-11-15(20)18-10-13-6-8-17-9-7-13/h2-9H,10-11H2,1H3,(H,18,20)(H,19,21). The number of nitrogens with one attached hydrogen (secondary N) is 2. The normalized spacial score (nSPS) is 9.95. The first-order valence-corrected chi connectivity index (χ1v) is 6.66. The van der Waals surface area contributed by atoms with Gasteiger partial charge in [-0.25, -0.2) is 0 Å². The molecule has 108 valence electrons. The molecular weight excluding hydrogens is 266 g/mol. The molecule has 0 aliphatic heterocycles. The fraction of sp³-hybridized carbons (Fsp3) is 0.188. The van der Waals surface area contributed by atoms with Crippen LogP contribution in [-0.4, -0.2) is 23.3 Å². The first-order valence-electron chi connectivity index (χ1n) is 6.66. The van der Waals surface area contributed by atoms with E-state index in [9.17, 15) is 9.59 Å². The van der Waals surface area contributed by atoms with Gasteiger partial charge in [0.05, 0.1) is 6.54 Å². The summed E-state index contributed by atoms with van der Waals surface area (Å²) in [5.74, 6) is -0.471. The number of hydrogen-bond donors (Lipinski definition) is 2. The lowest BCUT2D eigenvalue weighted by atomic mass is 10.1. The maximum absolute atomic E-state index is 11.9. The smallest absolute Gasteiger partial charge is 0.251 e. The van der Waals surface area contributed by atoms with Crippen molar-refractivity contribution >= 4 is 11.8 Å². The fourth-order valence-corrected chi connectivity index (χ4v) is 1.85. The molecule has 0 radical (unpaired) electrons. The van der Waals surface area contributed by atoms with Crippen LogP contribution in [0, 0.1) is 6.92 Å². The molecule has 0 saturated heterocycles. The van der Waals surface area contributed by atoms with Gasteiger partial charge in [-0.05, 0) is 36.2 Å². The van der Waals surface area contributed by atoms with Gasteiger partial charge in [0, 0.05) is 24.5 Å². The van der Waals surface area contributed by atoms with Crippen molar-refractivity contribution < 1.29 is 9.59 Å². The Morgan fingerprint density at radius 2 is 1.76 bits per heavy atom. The molecule has 2 amide bonds. The molecule has 21 heavy (non-hydrogen) atoms. The topological polar surface area (TPSA) is 71.1 Å². The Bertz CT molecular complexity index is 626. The summed E-state index contributed by atoms with van der Waals surface area (Å²) in [6.45, 7) is 2.23. The van der Waals surface area contributed by atoms with E-state index in [0.29, 0.717) is 12.1 Å². The lowest BCUT2D eigenvalue weighted by Crippen LogP contribution is -2.36. The van der Waals surface area contributed by atoms with Gasteiger partial charge in [-0.2, -0.15) is 0 Å². The number of rotatable bonds is 5. The average Bonchev–Trinajstić information content (AvgIpc) is 2.52. The predicted octanol–water partition coefficient (Wildman–Crippen LogP) is 1.44. The summed E-state index contributed by atoms with van der Waals surface area (Å²) in [6, 6.07) is 10.9. The number of benzene rings is 1. The Kier molecular flexibility index (Phi) is 5.04. The van der Waals surface area contributed by atoms with Crippen molar-refractivity contribution in [2.24, 2.45) is 0 Å². The molecule has 2 aromatic rings. The van der Waals surface area contributed by atoms with Crippen molar-refractivity contribution in [3.8, 4) is 0 Å². The average molecular weight is 283 g/mol. The zero-order valence-electron chi connectivity index (χ0n) is 11.8. The van der Waals surface area contributed by atoms with E-state index in [4.69, 9.17) is 0 Å². The third-order valence-electron chi connectivity index (χ3n) is 3.04. The van der Waals surface area contributed by atoms with Crippen LogP contribution < -0.4 is 10.6 Å². The van der Waals surface area contributed by atoms with Gasteiger partial charge < -0.3 is 10.6 Å². The van der Waals surface area contributed by atoms with E-state index in [1.54, 1.807) is 24.5 Å². The minimum atomic E-state index is -0.243. The molecule has 2 rings (SSSR count). The molecule has 0 atom stereocenters. The highest BCUT2D eigenvalue weighted by Crippen LogP contribution is 2.06. The zero-order valence-corrected chi connectivity index (χ0v) is 11.8. The first kappa shape index (κ1) is 14.7. The molecule has 0 aliphatic carbocycles. The summed E-state index contributed by atoms with van der Waals surface area (Å²) in [7, 11) is 0. The van der Waals surface area contributed by atoms with Gasteiger partial charge in [-0.1, -0.05) is 18.2 Å². The van der Waals surface area contributed by atoms with E-state index in [1.165, 1.54) is 0 Å². The van der Waals surface area contributed by atoms with Gasteiger partial charge in [-0.3, -0.25) is 14.6 Å². The maximum atomic E-state index is 11.9. The predicted molar refractivity (Wildman–Crippen MR) is 79.6 cm³/mol. The second kappa shape index (κ2) is 7.19. The van der Waals surface area contributed by atoms with Crippen LogP contribution in [0.2, 0.25) is 0 Å². The van der Waals surface area contributed by atoms with Crippen LogP contribution in [0.3, 0.4) is 0 Å². The summed E-state index contributed by atoms with van der Waals surface area (Å²) in [6.07, 6.45) is 3.34. The Balaban J connectivity index is 1.79. The quantitative estimate of drug-likeness (QED) is 0.872. The van der Waals surface area contributed by atoms with E-state index in [2.05, 4.69) is 15.6 Å². The number of aryl methyl sites for hydroxylation is 1. The molecule has 0 spiro atoms. The maximum Gasteiger partial charge on any atom is 0.251 e. The minimum Gasteiger partial charge on any atom is -0.350 e. The molecule has 1 aromatic heterocycles. The number of carbonyl (C=O) groups is 2. The van der Waals surface area contributed by atoms with Crippen molar-refractivity contribution in [3.05, 3.63) is 65.5 Å². The molecule has 5 heteroatoms. The summed E-state index contributed by atoms with van der Waals surface area (Å²) >= 11 is 0. The summed E-state index contributed by atoms with van der Waals surface area (Å²) in [4.78, 5) is 27.5. The van der Waals surface area contributed by atoms with Crippen molar-refractivity contribution in [3.63, 3.8) is 0 Å². The lowest BCUT2D eigenvalue weighted by Gasteiger charge is -2.08. The van der Waals surface area contributed by atoms with Crippen molar-refractivity contribution in [1.82, 2.24) is 15.6 Å². The third-order valence-corrected chi connectivity index (χ3v) is 3.04. The fourth-order valence-electron chi connectivity index (χ4n) is 1.85. The van der Waals surface area contributed by atoms with Crippen LogP contribution in [-0.2, 0) is 11.3 Å². The van der Waals surface area contributed by atoms with Crippen molar-refractivity contribution in [2.75, 3.05) is 6.54 Å². The number of nitrogens with zero attached hydrogens (tertiary/aromatic N) is 1. The van der Waals surface area contributed by atoms with Gasteiger partial charge in [0.2, 0.25) is 5.91 Å². The monoisotopic (exact) mass is 283 g/mol. The highest BCUT2D eigenvalue weighted by atomic mass is 16.2. The van der Waals surface area contributed by atoms with E-state index >= 15 is 0 Å². The molecule has 0 unspecified atom stereocenters. The molecule has 0 saturated carbocycles. The molecular formula is C16H17N3O2. The second-order valence-corrected chi connectivity index (χ2v) is 4.63. The van der Waals surface area contributed by atoms with Gasteiger partial charge >= 0.3 is 0 Å². The first-order chi connectivity index (χ1) is 10.2. The van der Waals surface area contributed by atoms with Crippen LogP contribution in [0.5, 0.6) is 0 Å². The van der Waals surface area contributed by atoms with Gasteiger partial charge in [0.1, 0.15) is 0 Å². The number of amides is 2. The van der Waals surface area contributed by atoms with Crippen LogP contribution in [0.15, 0.2) is 48.8 Å². The molecule has 1 aromatic carbocycles. The van der Waals surface area contributed by atoms with Crippen molar-refractivity contribution in [2.45, 2.75) is 13.5 Å². The van der Waals surface area contributed by atoms with Gasteiger partial charge in [0.25, 0.3) is 5.91 Å². The number of carbonyl (C=O) groups excluding carboxylic acids is 2. The SMILES string of the molecule is Cc1ccccc1C(=O)NCC(=O)NCc1ccncc1. The number of hydrogen-bond acceptors (Lipinski definition) is 3. The molecule has 2 N–H and O–H groups in total. The van der Waals surface area contributed by atoms with Crippen LogP contribution in [0.4, 0.5) is 0 Å². The Hall–Kier alpha value is -2.69. The summed E-state index contributed by atoms with van der Waals surface area (Å²) in [5, 5.41) is 5.35. The Morgan fingerprint density at radius 3 is 2.48 bits per heavy atom. The van der Waals surface area contributed by atoms with E-state index in [0.717, 1.165) is 11.1 Å². The molecule has 0 aliphatic rings. The number of aromatic nitrogens is 1. The Morgan fingerprint density at radius 1 is 1.05 bits per heavy atom. The zero-order chi connectivity index (χ0) is 15.1. The van der Waals surface area contributed by atoms with E-state index in [-0.39, 0.29) is 18.4 Å². The largest absolute Gasteiger partial charge is 0.350 e. The van der Waals surface area contributed by atoms with Crippen molar-refractivity contribution in [1.29, 1.82) is 0 Å².